The normalized spacial score (nSPS) is 10.8. The van der Waals surface area contributed by atoms with Crippen LogP contribution in [0.25, 0.3) is 16.9 Å². The van der Waals surface area contributed by atoms with Crippen molar-refractivity contribution in [3.8, 4) is 11.3 Å². The van der Waals surface area contributed by atoms with Gasteiger partial charge in [0.25, 0.3) is 0 Å². The third-order valence-corrected chi connectivity index (χ3v) is 3.24. The Morgan fingerprint density at radius 2 is 2.05 bits per heavy atom. The van der Waals surface area contributed by atoms with Crippen molar-refractivity contribution in [3.05, 3.63) is 59.4 Å². The van der Waals surface area contributed by atoms with Crippen molar-refractivity contribution in [1.82, 2.24) is 9.38 Å². The van der Waals surface area contributed by atoms with E-state index in [1.807, 2.05) is 28.7 Å². The van der Waals surface area contributed by atoms with Crippen LogP contribution in [0.2, 0.25) is 5.02 Å². The molecule has 1 N–H and O–H groups in total. The number of benzene rings is 1. The predicted molar refractivity (Wildman–Crippen MR) is 72.6 cm³/mol. The first-order chi connectivity index (χ1) is 9.16. The maximum absolute atomic E-state index is 10.9. The fourth-order valence-corrected chi connectivity index (χ4v) is 2.21. The monoisotopic (exact) mass is 272 g/mol. The molecule has 0 spiro atoms. The number of pyridine rings is 1. The lowest BCUT2D eigenvalue weighted by Gasteiger charge is -2.04. The van der Waals surface area contributed by atoms with Crippen LogP contribution in [0.15, 0.2) is 48.8 Å². The van der Waals surface area contributed by atoms with Gasteiger partial charge in [0.15, 0.2) is 0 Å². The third-order valence-electron chi connectivity index (χ3n) is 2.91. The Labute approximate surface area is 113 Å². The average Bonchev–Trinajstić information content (AvgIpc) is 2.82. The molecule has 5 heteroatoms. The van der Waals surface area contributed by atoms with Gasteiger partial charge in [-0.3, -0.25) is 4.40 Å². The van der Waals surface area contributed by atoms with E-state index in [1.54, 1.807) is 12.4 Å². The van der Waals surface area contributed by atoms with Crippen LogP contribution in [0.1, 0.15) is 10.4 Å². The van der Waals surface area contributed by atoms with E-state index < -0.39 is 5.97 Å². The van der Waals surface area contributed by atoms with Gasteiger partial charge >= 0.3 is 5.97 Å². The van der Waals surface area contributed by atoms with Crippen molar-refractivity contribution in [2.45, 2.75) is 0 Å². The van der Waals surface area contributed by atoms with Crippen LogP contribution < -0.4 is 0 Å². The quantitative estimate of drug-likeness (QED) is 0.778. The highest BCUT2D eigenvalue weighted by molar-refractivity contribution is 6.33. The molecule has 19 heavy (non-hydrogen) atoms. The zero-order chi connectivity index (χ0) is 13.4. The molecular weight excluding hydrogens is 264 g/mol. The molecule has 0 aliphatic carbocycles. The Kier molecular flexibility index (Phi) is 2.72. The van der Waals surface area contributed by atoms with E-state index in [4.69, 9.17) is 16.7 Å². The minimum Gasteiger partial charge on any atom is -0.478 e. The van der Waals surface area contributed by atoms with Gasteiger partial charge < -0.3 is 5.11 Å². The first-order valence-electron chi connectivity index (χ1n) is 5.62. The lowest BCUT2D eigenvalue weighted by Crippen LogP contribution is -1.98. The Morgan fingerprint density at radius 3 is 2.79 bits per heavy atom. The van der Waals surface area contributed by atoms with E-state index in [9.17, 15) is 4.79 Å². The molecule has 3 aromatic rings. The van der Waals surface area contributed by atoms with Crippen molar-refractivity contribution in [1.29, 1.82) is 0 Å². The van der Waals surface area contributed by atoms with E-state index in [2.05, 4.69) is 4.98 Å². The van der Waals surface area contributed by atoms with Crippen molar-refractivity contribution < 1.29 is 9.90 Å². The largest absolute Gasteiger partial charge is 0.478 e. The van der Waals surface area contributed by atoms with E-state index in [-0.39, 0.29) is 5.56 Å². The highest BCUT2D eigenvalue weighted by atomic mass is 35.5. The SMILES string of the molecule is O=C(O)c1ccn2c(-c3ccccc3Cl)cnc2c1. The van der Waals surface area contributed by atoms with Crippen molar-refractivity contribution in [3.63, 3.8) is 0 Å². The molecule has 2 heterocycles. The first kappa shape index (κ1) is 11.7. The summed E-state index contributed by atoms with van der Waals surface area (Å²) in [4.78, 5) is 15.1. The lowest BCUT2D eigenvalue weighted by atomic mass is 10.1. The molecule has 0 atom stereocenters. The number of halogens is 1. The summed E-state index contributed by atoms with van der Waals surface area (Å²) in [5, 5.41) is 9.59. The summed E-state index contributed by atoms with van der Waals surface area (Å²) in [6.07, 6.45) is 3.37. The maximum Gasteiger partial charge on any atom is 0.335 e. The number of imidazole rings is 1. The van der Waals surface area contributed by atoms with Gasteiger partial charge in [-0.25, -0.2) is 9.78 Å². The zero-order valence-electron chi connectivity index (χ0n) is 9.75. The van der Waals surface area contributed by atoms with Crippen LogP contribution in [0.5, 0.6) is 0 Å². The molecule has 0 aliphatic heterocycles. The number of rotatable bonds is 2. The molecule has 0 bridgehead atoms. The van der Waals surface area contributed by atoms with Crippen molar-refractivity contribution >= 4 is 23.2 Å². The van der Waals surface area contributed by atoms with Crippen LogP contribution in [0.4, 0.5) is 0 Å². The molecule has 0 unspecified atom stereocenters. The molecule has 0 amide bonds. The van der Waals surface area contributed by atoms with Gasteiger partial charge in [0, 0.05) is 16.8 Å². The van der Waals surface area contributed by atoms with Crippen LogP contribution in [0, 0.1) is 0 Å². The fourth-order valence-electron chi connectivity index (χ4n) is 1.98. The second-order valence-corrected chi connectivity index (χ2v) is 4.48. The Morgan fingerprint density at radius 1 is 1.26 bits per heavy atom. The Bertz CT molecular complexity index is 780. The number of carboxylic acid groups (broad SMARTS) is 1. The van der Waals surface area contributed by atoms with Gasteiger partial charge in [0.2, 0.25) is 0 Å². The summed E-state index contributed by atoms with van der Waals surface area (Å²) in [6, 6.07) is 10.5. The van der Waals surface area contributed by atoms with Gasteiger partial charge in [-0.15, -0.1) is 0 Å². The highest BCUT2D eigenvalue weighted by Crippen LogP contribution is 2.28. The van der Waals surface area contributed by atoms with Gasteiger partial charge in [0.05, 0.1) is 17.5 Å². The number of hydrogen-bond donors (Lipinski definition) is 1. The number of hydrogen-bond acceptors (Lipinski definition) is 2. The van der Waals surface area contributed by atoms with Gasteiger partial charge in [-0.05, 0) is 18.2 Å². The highest BCUT2D eigenvalue weighted by Gasteiger charge is 2.10. The zero-order valence-corrected chi connectivity index (χ0v) is 10.5. The smallest absolute Gasteiger partial charge is 0.335 e. The molecule has 4 nitrogen and oxygen atoms in total. The number of aromatic carboxylic acids is 1. The topological polar surface area (TPSA) is 54.6 Å². The molecule has 0 radical (unpaired) electrons. The minimum atomic E-state index is -0.968. The number of carboxylic acids is 1. The fraction of sp³-hybridized carbons (Fsp3) is 0. The van der Waals surface area contributed by atoms with Gasteiger partial charge in [-0.1, -0.05) is 29.8 Å². The standard InChI is InChI=1S/C14H9ClN2O2/c15-11-4-2-1-3-10(11)12-8-16-13-7-9(14(18)19)5-6-17(12)13/h1-8H,(H,18,19). The van der Waals surface area contributed by atoms with E-state index in [0.29, 0.717) is 10.7 Å². The molecule has 1 aromatic carbocycles. The first-order valence-corrected chi connectivity index (χ1v) is 6.00. The molecule has 94 valence electrons. The second-order valence-electron chi connectivity index (χ2n) is 4.07. The molecule has 0 saturated carbocycles. The van der Waals surface area contributed by atoms with Gasteiger partial charge in [0.1, 0.15) is 5.65 Å². The Balaban J connectivity index is 2.22. The number of aromatic nitrogens is 2. The summed E-state index contributed by atoms with van der Waals surface area (Å²) in [6.45, 7) is 0. The Hall–Kier alpha value is -2.33. The molecule has 0 saturated heterocycles. The molecule has 2 aromatic heterocycles. The molecule has 3 rings (SSSR count). The van der Waals surface area contributed by atoms with E-state index in [1.165, 1.54) is 12.1 Å². The summed E-state index contributed by atoms with van der Waals surface area (Å²) in [5.74, 6) is -0.968. The van der Waals surface area contributed by atoms with Crippen LogP contribution >= 0.6 is 11.6 Å². The minimum absolute atomic E-state index is 0.212. The van der Waals surface area contributed by atoms with E-state index in [0.717, 1.165) is 11.3 Å². The molecular formula is C14H9ClN2O2. The van der Waals surface area contributed by atoms with Gasteiger partial charge in [-0.2, -0.15) is 0 Å². The average molecular weight is 273 g/mol. The number of carbonyl (C=O) groups is 1. The summed E-state index contributed by atoms with van der Waals surface area (Å²) >= 11 is 6.16. The summed E-state index contributed by atoms with van der Waals surface area (Å²) < 4.78 is 1.81. The van der Waals surface area contributed by atoms with Crippen molar-refractivity contribution in [2.75, 3.05) is 0 Å². The van der Waals surface area contributed by atoms with Crippen molar-refractivity contribution in [2.24, 2.45) is 0 Å². The van der Waals surface area contributed by atoms with E-state index >= 15 is 0 Å². The third kappa shape index (κ3) is 1.96. The lowest BCUT2D eigenvalue weighted by molar-refractivity contribution is 0.0697. The van der Waals surface area contributed by atoms with Crippen LogP contribution in [-0.4, -0.2) is 20.5 Å². The number of fused-ring (bicyclic) bond motifs is 1. The summed E-state index contributed by atoms with van der Waals surface area (Å²) in [7, 11) is 0. The number of nitrogens with zero attached hydrogens (tertiary/aromatic N) is 2. The second kappa shape index (κ2) is 4.40. The maximum atomic E-state index is 10.9. The van der Waals surface area contributed by atoms with Crippen LogP contribution in [0.3, 0.4) is 0 Å². The molecule has 0 aliphatic rings. The molecule has 0 fully saturated rings. The van der Waals surface area contributed by atoms with Crippen LogP contribution in [-0.2, 0) is 0 Å². The predicted octanol–water partition coefficient (Wildman–Crippen LogP) is 3.35. The summed E-state index contributed by atoms with van der Waals surface area (Å²) in [5.41, 5.74) is 2.48.